The molecule has 0 spiro atoms. The molecule has 2 N–H and O–H groups in total. The van der Waals surface area contributed by atoms with Crippen molar-refractivity contribution in [3.63, 3.8) is 0 Å². The summed E-state index contributed by atoms with van der Waals surface area (Å²) in [5.41, 5.74) is 2.22. The van der Waals surface area contributed by atoms with Crippen LogP contribution in [0, 0.1) is 0 Å². The van der Waals surface area contributed by atoms with E-state index < -0.39 is 0 Å². The highest BCUT2D eigenvalue weighted by atomic mass is 16.2. The van der Waals surface area contributed by atoms with Crippen LogP contribution < -0.4 is 10.6 Å². The number of amides is 1. The SMILES string of the molecule is O=C(NCCc1cccc2cccnc12)C1CCCCN1. The number of para-hydroxylation sites is 1. The van der Waals surface area contributed by atoms with Crippen LogP contribution in [0.4, 0.5) is 0 Å². The van der Waals surface area contributed by atoms with Gasteiger partial charge in [0, 0.05) is 18.1 Å². The van der Waals surface area contributed by atoms with Crippen molar-refractivity contribution in [2.75, 3.05) is 13.1 Å². The third-order valence-corrected chi connectivity index (χ3v) is 4.04. The topological polar surface area (TPSA) is 54.0 Å². The number of carbonyl (C=O) groups is 1. The van der Waals surface area contributed by atoms with Crippen LogP contribution in [0.1, 0.15) is 24.8 Å². The largest absolute Gasteiger partial charge is 0.354 e. The summed E-state index contributed by atoms with van der Waals surface area (Å²) in [5, 5.41) is 7.46. The number of benzene rings is 1. The zero-order chi connectivity index (χ0) is 14.5. The molecule has 0 radical (unpaired) electrons. The van der Waals surface area contributed by atoms with Gasteiger partial charge in [-0.25, -0.2) is 0 Å². The molecule has 0 saturated carbocycles. The molecule has 1 aromatic carbocycles. The Morgan fingerprint density at radius 3 is 3.05 bits per heavy atom. The fourth-order valence-corrected chi connectivity index (χ4v) is 2.89. The van der Waals surface area contributed by atoms with Crippen molar-refractivity contribution in [2.45, 2.75) is 31.7 Å². The molecule has 1 fully saturated rings. The maximum absolute atomic E-state index is 12.1. The van der Waals surface area contributed by atoms with Crippen LogP contribution in [-0.4, -0.2) is 30.0 Å². The Balaban J connectivity index is 1.58. The van der Waals surface area contributed by atoms with Gasteiger partial charge in [0.05, 0.1) is 11.6 Å². The van der Waals surface area contributed by atoms with Gasteiger partial charge >= 0.3 is 0 Å². The number of pyridine rings is 1. The average molecular weight is 283 g/mol. The Labute approximate surface area is 125 Å². The number of aromatic nitrogens is 1. The highest BCUT2D eigenvalue weighted by Crippen LogP contribution is 2.16. The molecule has 4 heteroatoms. The standard InChI is InChI=1S/C17H21N3O/c21-17(15-8-1-2-10-18-15)20-12-9-14-6-3-5-13-7-4-11-19-16(13)14/h3-7,11,15,18H,1-2,8-10,12H2,(H,20,21). The van der Waals surface area contributed by atoms with Crippen molar-refractivity contribution in [1.82, 2.24) is 15.6 Å². The van der Waals surface area contributed by atoms with Gasteiger partial charge in [-0.15, -0.1) is 0 Å². The molecular weight excluding hydrogens is 262 g/mol. The fraction of sp³-hybridized carbons (Fsp3) is 0.412. The first-order chi connectivity index (χ1) is 10.3. The van der Waals surface area contributed by atoms with Gasteiger partial charge in [0.25, 0.3) is 0 Å². The first-order valence-electron chi connectivity index (χ1n) is 7.68. The minimum atomic E-state index is -0.00982. The third kappa shape index (κ3) is 3.39. The number of hydrogen-bond donors (Lipinski definition) is 2. The summed E-state index contributed by atoms with van der Waals surface area (Å²) in [6.07, 6.45) is 5.88. The molecule has 1 aliphatic rings. The van der Waals surface area contributed by atoms with Crippen LogP contribution in [0.5, 0.6) is 0 Å². The second-order valence-corrected chi connectivity index (χ2v) is 5.54. The predicted octanol–water partition coefficient (Wildman–Crippen LogP) is 2.04. The summed E-state index contributed by atoms with van der Waals surface area (Å²) >= 11 is 0. The number of carbonyl (C=O) groups excluding carboxylic acids is 1. The molecule has 4 nitrogen and oxygen atoms in total. The van der Waals surface area contributed by atoms with Crippen molar-refractivity contribution in [1.29, 1.82) is 0 Å². The van der Waals surface area contributed by atoms with Gasteiger partial charge in [-0.2, -0.15) is 0 Å². The first-order valence-corrected chi connectivity index (χ1v) is 7.68. The van der Waals surface area contributed by atoms with Crippen LogP contribution >= 0.6 is 0 Å². The highest BCUT2D eigenvalue weighted by Gasteiger charge is 2.19. The maximum Gasteiger partial charge on any atom is 0.237 e. The second kappa shape index (κ2) is 6.68. The quantitative estimate of drug-likeness (QED) is 0.903. The lowest BCUT2D eigenvalue weighted by molar-refractivity contribution is -0.123. The molecule has 1 aliphatic heterocycles. The van der Waals surface area contributed by atoms with Gasteiger partial charge in [-0.05, 0) is 37.4 Å². The van der Waals surface area contributed by atoms with Gasteiger partial charge in [0.15, 0.2) is 0 Å². The van der Waals surface area contributed by atoms with E-state index in [4.69, 9.17) is 0 Å². The molecular formula is C17H21N3O. The van der Waals surface area contributed by atoms with E-state index in [9.17, 15) is 4.79 Å². The Kier molecular flexibility index (Phi) is 4.46. The number of nitrogens with zero attached hydrogens (tertiary/aromatic N) is 1. The van der Waals surface area contributed by atoms with Crippen LogP contribution in [0.15, 0.2) is 36.5 Å². The molecule has 0 bridgehead atoms. The van der Waals surface area contributed by atoms with Crippen molar-refractivity contribution in [2.24, 2.45) is 0 Å². The minimum absolute atomic E-state index is 0.00982. The molecule has 2 heterocycles. The van der Waals surface area contributed by atoms with Gasteiger partial charge in [0.2, 0.25) is 5.91 Å². The Morgan fingerprint density at radius 2 is 2.19 bits per heavy atom. The summed E-state index contributed by atoms with van der Waals surface area (Å²) < 4.78 is 0. The van der Waals surface area contributed by atoms with Gasteiger partial charge in [-0.1, -0.05) is 30.7 Å². The lowest BCUT2D eigenvalue weighted by atomic mass is 10.0. The lowest BCUT2D eigenvalue weighted by Gasteiger charge is -2.22. The van der Waals surface area contributed by atoms with Crippen molar-refractivity contribution in [3.05, 3.63) is 42.1 Å². The first kappa shape index (κ1) is 14.0. The van der Waals surface area contributed by atoms with Crippen LogP contribution in [0.2, 0.25) is 0 Å². The van der Waals surface area contributed by atoms with E-state index in [2.05, 4.69) is 33.8 Å². The monoisotopic (exact) mass is 283 g/mol. The van der Waals surface area contributed by atoms with Gasteiger partial charge in [0.1, 0.15) is 0 Å². The average Bonchev–Trinajstić information content (AvgIpc) is 2.56. The minimum Gasteiger partial charge on any atom is -0.354 e. The summed E-state index contributed by atoms with van der Waals surface area (Å²) in [5.74, 6) is 0.128. The Hall–Kier alpha value is -1.94. The Bertz CT molecular complexity index is 615. The molecule has 0 aliphatic carbocycles. The lowest BCUT2D eigenvalue weighted by Crippen LogP contribution is -2.47. The second-order valence-electron chi connectivity index (χ2n) is 5.54. The van der Waals surface area contributed by atoms with Gasteiger partial charge in [-0.3, -0.25) is 9.78 Å². The molecule has 1 amide bonds. The normalized spacial score (nSPS) is 18.6. The smallest absolute Gasteiger partial charge is 0.237 e. The van der Waals surface area contributed by atoms with Crippen molar-refractivity contribution < 1.29 is 4.79 Å². The summed E-state index contributed by atoms with van der Waals surface area (Å²) in [4.78, 5) is 16.5. The number of hydrogen-bond acceptors (Lipinski definition) is 3. The molecule has 1 saturated heterocycles. The number of piperidine rings is 1. The predicted molar refractivity (Wildman–Crippen MR) is 84.1 cm³/mol. The number of nitrogens with one attached hydrogen (secondary N) is 2. The van der Waals surface area contributed by atoms with Crippen LogP contribution in [-0.2, 0) is 11.2 Å². The maximum atomic E-state index is 12.1. The molecule has 1 aromatic heterocycles. The molecule has 3 rings (SSSR count). The molecule has 2 aromatic rings. The molecule has 1 atom stereocenters. The molecule has 21 heavy (non-hydrogen) atoms. The van der Waals surface area contributed by atoms with Crippen LogP contribution in [0.25, 0.3) is 10.9 Å². The van der Waals surface area contributed by atoms with E-state index in [0.29, 0.717) is 6.54 Å². The molecule has 110 valence electrons. The van der Waals surface area contributed by atoms with E-state index in [-0.39, 0.29) is 11.9 Å². The van der Waals surface area contributed by atoms with Crippen molar-refractivity contribution in [3.8, 4) is 0 Å². The van der Waals surface area contributed by atoms with E-state index in [0.717, 1.165) is 36.7 Å². The van der Waals surface area contributed by atoms with E-state index in [1.54, 1.807) is 0 Å². The van der Waals surface area contributed by atoms with Gasteiger partial charge < -0.3 is 10.6 Å². The summed E-state index contributed by atoms with van der Waals surface area (Å²) in [6.45, 7) is 1.61. The fourth-order valence-electron chi connectivity index (χ4n) is 2.89. The van der Waals surface area contributed by atoms with Crippen LogP contribution in [0.3, 0.4) is 0 Å². The molecule has 1 unspecified atom stereocenters. The highest BCUT2D eigenvalue weighted by molar-refractivity contribution is 5.83. The summed E-state index contributed by atoms with van der Waals surface area (Å²) in [6, 6.07) is 10.2. The number of rotatable bonds is 4. The van der Waals surface area contributed by atoms with Crippen molar-refractivity contribution >= 4 is 16.8 Å². The third-order valence-electron chi connectivity index (χ3n) is 4.04. The Morgan fingerprint density at radius 1 is 1.29 bits per heavy atom. The van der Waals surface area contributed by atoms with E-state index in [1.807, 2.05) is 18.3 Å². The number of fused-ring (bicyclic) bond motifs is 1. The van der Waals surface area contributed by atoms with E-state index >= 15 is 0 Å². The zero-order valence-electron chi connectivity index (χ0n) is 12.1. The summed E-state index contributed by atoms with van der Waals surface area (Å²) in [7, 11) is 0. The zero-order valence-corrected chi connectivity index (χ0v) is 12.1. The van der Waals surface area contributed by atoms with E-state index in [1.165, 1.54) is 12.0 Å².